The van der Waals surface area contributed by atoms with E-state index in [0.717, 1.165) is 18.0 Å². The number of nitrogens with zero attached hydrogens (tertiary/aromatic N) is 1. The summed E-state index contributed by atoms with van der Waals surface area (Å²) in [7, 11) is 3.54. The molecule has 0 radical (unpaired) electrons. The first kappa shape index (κ1) is 13.9. The van der Waals surface area contributed by atoms with E-state index in [9.17, 15) is 0 Å². The van der Waals surface area contributed by atoms with Gasteiger partial charge in [-0.25, -0.2) is 0 Å². The summed E-state index contributed by atoms with van der Waals surface area (Å²) in [6.45, 7) is 3.05. The minimum Gasteiger partial charge on any atom is -0.491 e. The zero-order chi connectivity index (χ0) is 12.3. The van der Waals surface area contributed by atoms with Gasteiger partial charge in [0.25, 0.3) is 0 Å². The lowest BCUT2D eigenvalue weighted by Crippen LogP contribution is -2.11. The fourth-order valence-corrected chi connectivity index (χ4v) is 1.29. The monoisotopic (exact) mass is 240 g/mol. The molecule has 0 spiro atoms. The van der Waals surface area contributed by atoms with Gasteiger partial charge in [0.2, 0.25) is 0 Å². The van der Waals surface area contributed by atoms with Crippen molar-refractivity contribution in [2.24, 2.45) is 0 Å². The summed E-state index contributed by atoms with van der Waals surface area (Å²) in [6, 6.07) is 3.76. The molecule has 96 valence electrons. The maximum Gasteiger partial charge on any atom is 0.122 e. The van der Waals surface area contributed by atoms with E-state index in [1.165, 1.54) is 0 Å². The molecular formula is C12H20N2O3. The molecule has 5 heteroatoms. The van der Waals surface area contributed by atoms with E-state index < -0.39 is 0 Å². The van der Waals surface area contributed by atoms with E-state index >= 15 is 0 Å². The predicted molar refractivity (Wildman–Crippen MR) is 65.2 cm³/mol. The topological polar surface area (TPSA) is 52.6 Å². The first-order valence-corrected chi connectivity index (χ1v) is 5.66. The van der Waals surface area contributed by atoms with Gasteiger partial charge in [0.15, 0.2) is 0 Å². The van der Waals surface area contributed by atoms with E-state index in [4.69, 9.17) is 14.2 Å². The lowest BCUT2D eigenvalue weighted by molar-refractivity contribution is 0.0544. The summed E-state index contributed by atoms with van der Waals surface area (Å²) in [5.74, 6) is 0.820. The molecule has 5 nitrogen and oxygen atoms in total. The predicted octanol–water partition coefficient (Wildman–Crippen LogP) is 0.843. The van der Waals surface area contributed by atoms with Crippen molar-refractivity contribution in [2.75, 3.05) is 40.6 Å². The number of aromatic nitrogens is 1. The van der Waals surface area contributed by atoms with Crippen LogP contribution >= 0.6 is 0 Å². The third-order valence-electron chi connectivity index (χ3n) is 2.07. The van der Waals surface area contributed by atoms with Crippen LogP contribution in [-0.4, -0.2) is 45.6 Å². The van der Waals surface area contributed by atoms with Gasteiger partial charge in [0.05, 0.1) is 25.5 Å². The van der Waals surface area contributed by atoms with Gasteiger partial charge in [-0.15, -0.1) is 0 Å². The molecule has 1 aromatic rings. The molecule has 0 bridgehead atoms. The van der Waals surface area contributed by atoms with Crippen LogP contribution in [0.2, 0.25) is 0 Å². The second-order valence-corrected chi connectivity index (χ2v) is 3.47. The second-order valence-electron chi connectivity index (χ2n) is 3.47. The lowest BCUT2D eigenvalue weighted by Gasteiger charge is -2.08. The summed E-state index contributed by atoms with van der Waals surface area (Å²) >= 11 is 0. The Morgan fingerprint density at radius 1 is 1.24 bits per heavy atom. The largest absolute Gasteiger partial charge is 0.491 e. The number of pyridine rings is 1. The van der Waals surface area contributed by atoms with Gasteiger partial charge in [-0.2, -0.15) is 0 Å². The maximum atomic E-state index is 5.54. The minimum absolute atomic E-state index is 0.534. The van der Waals surface area contributed by atoms with Crippen LogP contribution in [0.5, 0.6) is 5.75 Å². The number of hydrogen-bond acceptors (Lipinski definition) is 5. The molecule has 0 fully saturated rings. The van der Waals surface area contributed by atoms with E-state index in [1.54, 1.807) is 13.3 Å². The van der Waals surface area contributed by atoms with Crippen molar-refractivity contribution >= 4 is 0 Å². The molecule has 1 N–H and O–H groups in total. The fraction of sp³-hybridized carbons (Fsp3) is 0.583. The fourth-order valence-electron chi connectivity index (χ4n) is 1.29. The van der Waals surface area contributed by atoms with E-state index in [-0.39, 0.29) is 0 Å². The third kappa shape index (κ3) is 6.21. The Balaban J connectivity index is 2.19. The van der Waals surface area contributed by atoms with Crippen LogP contribution in [0.3, 0.4) is 0 Å². The summed E-state index contributed by atoms with van der Waals surface area (Å²) in [5, 5.41) is 3.05. The van der Waals surface area contributed by atoms with Crippen molar-refractivity contribution in [1.82, 2.24) is 10.3 Å². The van der Waals surface area contributed by atoms with Crippen LogP contribution in [0.4, 0.5) is 0 Å². The number of methoxy groups -OCH3 is 1. The Morgan fingerprint density at radius 2 is 2.06 bits per heavy atom. The molecule has 1 heterocycles. The van der Waals surface area contributed by atoms with Gasteiger partial charge in [-0.3, -0.25) is 4.98 Å². The van der Waals surface area contributed by atoms with Crippen molar-refractivity contribution in [1.29, 1.82) is 0 Å². The average Bonchev–Trinajstić information content (AvgIpc) is 2.35. The van der Waals surface area contributed by atoms with Crippen LogP contribution in [0.1, 0.15) is 5.69 Å². The molecule has 0 aliphatic carbocycles. The zero-order valence-electron chi connectivity index (χ0n) is 10.4. The summed E-state index contributed by atoms with van der Waals surface area (Å²) < 4.78 is 15.7. The molecule has 0 atom stereocenters. The third-order valence-corrected chi connectivity index (χ3v) is 2.07. The molecule has 1 aromatic heterocycles. The Morgan fingerprint density at radius 3 is 2.82 bits per heavy atom. The van der Waals surface area contributed by atoms with Gasteiger partial charge in [-0.05, 0) is 13.1 Å². The van der Waals surface area contributed by atoms with Gasteiger partial charge in [0.1, 0.15) is 12.4 Å². The number of ether oxygens (including phenoxy) is 3. The summed E-state index contributed by atoms with van der Waals surface area (Å²) in [5.41, 5.74) is 0.963. The highest BCUT2D eigenvalue weighted by Crippen LogP contribution is 2.10. The Hall–Kier alpha value is -1.17. The highest BCUT2D eigenvalue weighted by molar-refractivity contribution is 5.22. The van der Waals surface area contributed by atoms with Crippen molar-refractivity contribution in [3.63, 3.8) is 0 Å². The van der Waals surface area contributed by atoms with Crippen molar-refractivity contribution in [2.45, 2.75) is 6.54 Å². The van der Waals surface area contributed by atoms with Crippen LogP contribution in [0.15, 0.2) is 18.3 Å². The Labute approximate surface area is 102 Å². The van der Waals surface area contributed by atoms with Gasteiger partial charge >= 0.3 is 0 Å². The lowest BCUT2D eigenvalue weighted by atomic mass is 10.3. The minimum atomic E-state index is 0.534. The van der Waals surface area contributed by atoms with Crippen LogP contribution < -0.4 is 10.1 Å². The standard InChI is InChI=1S/C12H20N2O3/c1-13-10-11-9-12(3-4-14-11)17-8-7-16-6-5-15-2/h3-4,9,13H,5-8,10H2,1-2H3. The van der Waals surface area contributed by atoms with Crippen molar-refractivity contribution in [3.05, 3.63) is 24.0 Å². The molecule has 1 rings (SSSR count). The normalized spacial score (nSPS) is 10.5. The number of rotatable bonds is 9. The molecule has 17 heavy (non-hydrogen) atoms. The number of nitrogens with one attached hydrogen (secondary N) is 1. The first-order valence-electron chi connectivity index (χ1n) is 5.66. The molecule has 0 saturated heterocycles. The quantitative estimate of drug-likeness (QED) is 0.648. The first-order chi connectivity index (χ1) is 8.36. The Bertz CT molecular complexity index is 308. The molecule has 0 saturated carbocycles. The van der Waals surface area contributed by atoms with Crippen molar-refractivity contribution in [3.8, 4) is 5.75 Å². The molecule has 0 aliphatic rings. The summed E-state index contributed by atoms with van der Waals surface area (Å²) in [4.78, 5) is 4.21. The van der Waals surface area contributed by atoms with E-state index in [1.807, 2.05) is 19.2 Å². The van der Waals surface area contributed by atoms with E-state index in [0.29, 0.717) is 26.4 Å². The van der Waals surface area contributed by atoms with Gasteiger partial charge in [-0.1, -0.05) is 0 Å². The molecular weight excluding hydrogens is 220 g/mol. The maximum absolute atomic E-state index is 5.54. The molecule has 0 amide bonds. The van der Waals surface area contributed by atoms with Crippen LogP contribution in [0.25, 0.3) is 0 Å². The zero-order valence-corrected chi connectivity index (χ0v) is 10.4. The highest BCUT2D eigenvalue weighted by atomic mass is 16.5. The molecule has 0 aromatic carbocycles. The Kier molecular flexibility index (Phi) is 7.29. The average molecular weight is 240 g/mol. The van der Waals surface area contributed by atoms with Gasteiger partial charge in [0, 0.05) is 25.9 Å². The molecule has 0 unspecified atom stereocenters. The van der Waals surface area contributed by atoms with Crippen LogP contribution in [0, 0.1) is 0 Å². The van der Waals surface area contributed by atoms with Crippen molar-refractivity contribution < 1.29 is 14.2 Å². The smallest absolute Gasteiger partial charge is 0.122 e. The van der Waals surface area contributed by atoms with Crippen LogP contribution in [-0.2, 0) is 16.0 Å². The van der Waals surface area contributed by atoms with E-state index in [2.05, 4.69) is 10.3 Å². The summed E-state index contributed by atoms with van der Waals surface area (Å²) in [6.07, 6.45) is 1.74. The van der Waals surface area contributed by atoms with Gasteiger partial charge < -0.3 is 19.5 Å². The highest BCUT2D eigenvalue weighted by Gasteiger charge is 1.97. The molecule has 0 aliphatic heterocycles. The number of hydrogen-bond donors (Lipinski definition) is 1. The SMILES string of the molecule is CNCc1cc(OCCOCCOC)ccn1. The second kappa shape index (κ2) is 8.92.